The summed E-state index contributed by atoms with van der Waals surface area (Å²) in [4.78, 5) is 27.6. The van der Waals surface area contributed by atoms with Crippen molar-refractivity contribution in [2.45, 2.75) is 19.9 Å². The topological polar surface area (TPSA) is 58.6 Å². The number of carbonyl (C=O) groups excluding carboxylic acids is 2. The first kappa shape index (κ1) is 18.1. The molecule has 0 spiro atoms. The second-order valence-electron chi connectivity index (χ2n) is 6.55. The van der Waals surface area contributed by atoms with E-state index < -0.39 is 6.04 Å². The summed E-state index contributed by atoms with van der Waals surface area (Å²) in [6.07, 6.45) is 0. The number of morpholine rings is 1. The van der Waals surface area contributed by atoms with E-state index in [0.29, 0.717) is 31.9 Å². The summed E-state index contributed by atoms with van der Waals surface area (Å²) in [5, 5.41) is 2.92. The number of benzene rings is 2. The summed E-state index contributed by atoms with van der Waals surface area (Å²) >= 11 is 0. The number of carbonyl (C=O) groups is 2. The monoisotopic (exact) mass is 352 g/mol. The molecule has 0 radical (unpaired) electrons. The van der Waals surface area contributed by atoms with Crippen LogP contribution in [0.15, 0.2) is 48.5 Å². The molecule has 26 heavy (non-hydrogen) atoms. The number of amides is 2. The Labute approximate surface area is 154 Å². The standard InChI is InChI=1S/C21H24N2O3/c1-15-8-9-18(14-16(15)2)20(24)22-19(17-6-4-3-5-7-17)21(25)23-10-12-26-13-11-23/h3-9,14,19H,10-13H2,1-2H3,(H,22,24)/t19-/m0/s1. The van der Waals surface area contributed by atoms with Crippen LogP contribution in [0, 0.1) is 13.8 Å². The van der Waals surface area contributed by atoms with Gasteiger partial charge in [-0.05, 0) is 42.7 Å². The fourth-order valence-electron chi connectivity index (χ4n) is 3.00. The summed E-state index contributed by atoms with van der Waals surface area (Å²) in [6, 6.07) is 14.2. The van der Waals surface area contributed by atoms with Gasteiger partial charge in [-0.2, -0.15) is 0 Å². The lowest BCUT2D eigenvalue weighted by atomic mass is 10.0. The van der Waals surface area contributed by atoms with Crippen molar-refractivity contribution in [2.75, 3.05) is 26.3 Å². The molecule has 136 valence electrons. The van der Waals surface area contributed by atoms with Gasteiger partial charge in [-0.3, -0.25) is 9.59 Å². The van der Waals surface area contributed by atoms with Crippen molar-refractivity contribution >= 4 is 11.8 Å². The molecule has 2 aromatic rings. The Balaban J connectivity index is 1.84. The van der Waals surface area contributed by atoms with E-state index >= 15 is 0 Å². The minimum absolute atomic E-state index is 0.100. The zero-order valence-corrected chi connectivity index (χ0v) is 15.2. The smallest absolute Gasteiger partial charge is 0.252 e. The van der Waals surface area contributed by atoms with Crippen LogP contribution in [-0.2, 0) is 9.53 Å². The predicted octanol–water partition coefficient (Wildman–Crippen LogP) is 2.63. The molecule has 1 fully saturated rings. The number of aryl methyl sites for hydroxylation is 2. The zero-order chi connectivity index (χ0) is 18.5. The average Bonchev–Trinajstić information content (AvgIpc) is 2.69. The van der Waals surface area contributed by atoms with Gasteiger partial charge in [0.05, 0.1) is 13.2 Å². The molecule has 1 atom stereocenters. The molecule has 2 aromatic carbocycles. The lowest BCUT2D eigenvalue weighted by Crippen LogP contribution is -2.47. The van der Waals surface area contributed by atoms with Crippen LogP contribution < -0.4 is 5.32 Å². The molecular formula is C21H24N2O3. The molecule has 0 unspecified atom stereocenters. The molecular weight excluding hydrogens is 328 g/mol. The van der Waals surface area contributed by atoms with Gasteiger partial charge in [0, 0.05) is 18.7 Å². The maximum absolute atomic E-state index is 13.0. The molecule has 1 saturated heterocycles. The van der Waals surface area contributed by atoms with Gasteiger partial charge in [-0.25, -0.2) is 0 Å². The van der Waals surface area contributed by atoms with E-state index in [1.54, 1.807) is 11.0 Å². The van der Waals surface area contributed by atoms with Gasteiger partial charge in [-0.15, -0.1) is 0 Å². The number of ether oxygens (including phenoxy) is 1. The Kier molecular flexibility index (Phi) is 5.68. The van der Waals surface area contributed by atoms with Crippen LogP contribution in [0.2, 0.25) is 0 Å². The van der Waals surface area contributed by atoms with Gasteiger partial charge in [0.15, 0.2) is 0 Å². The normalized spacial score (nSPS) is 15.4. The number of hydrogen-bond donors (Lipinski definition) is 1. The Hall–Kier alpha value is -2.66. The highest BCUT2D eigenvalue weighted by Gasteiger charge is 2.28. The SMILES string of the molecule is Cc1ccc(C(=O)N[C@H](C(=O)N2CCOCC2)c2ccccc2)cc1C. The third-order valence-electron chi connectivity index (χ3n) is 4.75. The quantitative estimate of drug-likeness (QED) is 0.920. The fraction of sp³-hybridized carbons (Fsp3) is 0.333. The van der Waals surface area contributed by atoms with E-state index in [1.807, 2.05) is 56.3 Å². The molecule has 0 aliphatic carbocycles. The molecule has 1 aliphatic heterocycles. The molecule has 1 aliphatic rings. The third kappa shape index (κ3) is 4.11. The Morgan fingerprint density at radius 1 is 1.00 bits per heavy atom. The number of nitrogens with one attached hydrogen (secondary N) is 1. The minimum atomic E-state index is -0.705. The van der Waals surface area contributed by atoms with Gasteiger partial charge in [0.2, 0.25) is 5.91 Å². The second-order valence-corrected chi connectivity index (χ2v) is 6.55. The van der Waals surface area contributed by atoms with E-state index in [1.165, 1.54) is 0 Å². The largest absolute Gasteiger partial charge is 0.378 e. The Bertz CT molecular complexity index is 783. The van der Waals surface area contributed by atoms with Crippen molar-refractivity contribution in [1.82, 2.24) is 10.2 Å². The van der Waals surface area contributed by atoms with Crippen molar-refractivity contribution in [1.29, 1.82) is 0 Å². The zero-order valence-electron chi connectivity index (χ0n) is 15.2. The number of hydrogen-bond acceptors (Lipinski definition) is 3. The van der Waals surface area contributed by atoms with Crippen LogP contribution in [-0.4, -0.2) is 43.0 Å². The van der Waals surface area contributed by atoms with Crippen LogP contribution >= 0.6 is 0 Å². The first-order valence-corrected chi connectivity index (χ1v) is 8.86. The predicted molar refractivity (Wildman–Crippen MR) is 100.0 cm³/mol. The highest BCUT2D eigenvalue weighted by molar-refractivity contribution is 5.98. The molecule has 1 heterocycles. The van der Waals surface area contributed by atoms with Gasteiger partial charge < -0.3 is 15.0 Å². The van der Waals surface area contributed by atoms with Crippen LogP contribution in [0.25, 0.3) is 0 Å². The molecule has 5 heteroatoms. The highest BCUT2D eigenvalue weighted by atomic mass is 16.5. The maximum Gasteiger partial charge on any atom is 0.252 e. The number of nitrogens with zero attached hydrogens (tertiary/aromatic N) is 1. The van der Waals surface area contributed by atoms with E-state index in [9.17, 15) is 9.59 Å². The van der Waals surface area contributed by atoms with Crippen LogP contribution in [0.3, 0.4) is 0 Å². The van der Waals surface area contributed by atoms with Gasteiger partial charge >= 0.3 is 0 Å². The molecule has 0 saturated carbocycles. The molecule has 0 aromatic heterocycles. The van der Waals surface area contributed by atoms with Gasteiger partial charge in [-0.1, -0.05) is 36.4 Å². The van der Waals surface area contributed by atoms with Crippen LogP contribution in [0.4, 0.5) is 0 Å². The summed E-state index contributed by atoms with van der Waals surface area (Å²) in [5.41, 5.74) is 3.52. The molecule has 0 bridgehead atoms. The molecule has 1 N–H and O–H groups in total. The minimum Gasteiger partial charge on any atom is -0.378 e. The molecule has 5 nitrogen and oxygen atoms in total. The number of rotatable bonds is 4. The van der Waals surface area contributed by atoms with Crippen LogP contribution in [0.5, 0.6) is 0 Å². The van der Waals surface area contributed by atoms with Crippen molar-refractivity contribution in [2.24, 2.45) is 0 Å². The van der Waals surface area contributed by atoms with E-state index in [2.05, 4.69) is 5.32 Å². The second kappa shape index (κ2) is 8.15. The van der Waals surface area contributed by atoms with Crippen molar-refractivity contribution in [3.05, 3.63) is 70.8 Å². The first-order chi connectivity index (χ1) is 12.6. The van der Waals surface area contributed by atoms with Crippen molar-refractivity contribution < 1.29 is 14.3 Å². The van der Waals surface area contributed by atoms with Gasteiger partial charge in [0.1, 0.15) is 6.04 Å². The van der Waals surface area contributed by atoms with E-state index in [-0.39, 0.29) is 11.8 Å². The maximum atomic E-state index is 13.0. The first-order valence-electron chi connectivity index (χ1n) is 8.86. The van der Waals surface area contributed by atoms with E-state index in [4.69, 9.17) is 4.74 Å². The van der Waals surface area contributed by atoms with E-state index in [0.717, 1.165) is 16.7 Å². The molecule has 3 rings (SSSR count). The van der Waals surface area contributed by atoms with Crippen molar-refractivity contribution in [3.8, 4) is 0 Å². The summed E-state index contributed by atoms with van der Waals surface area (Å²) in [7, 11) is 0. The summed E-state index contributed by atoms with van der Waals surface area (Å²) in [6.45, 7) is 6.12. The Morgan fingerprint density at radius 3 is 2.35 bits per heavy atom. The fourth-order valence-corrected chi connectivity index (χ4v) is 3.00. The lowest BCUT2D eigenvalue weighted by molar-refractivity contribution is -0.137. The van der Waals surface area contributed by atoms with Crippen molar-refractivity contribution in [3.63, 3.8) is 0 Å². The lowest BCUT2D eigenvalue weighted by Gasteiger charge is -2.31. The van der Waals surface area contributed by atoms with Gasteiger partial charge in [0.25, 0.3) is 5.91 Å². The third-order valence-corrected chi connectivity index (χ3v) is 4.75. The Morgan fingerprint density at radius 2 is 1.69 bits per heavy atom. The summed E-state index contributed by atoms with van der Waals surface area (Å²) in [5.74, 6) is -0.347. The summed E-state index contributed by atoms with van der Waals surface area (Å²) < 4.78 is 5.33. The average molecular weight is 352 g/mol. The highest BCUT2D eigenvalue weighted by Crippen LogP contribution is 2.18. The molecule has 2 amide bonds. The van der Waals surface area contributed by atoms with Crippen LogP contribution in [0.1, 0.15) is 33.1 Å².